The van der Waals surface area contributed by atoms with Crippen molar-refractivity contribution < 1.29 is 14.4 Å². The Morgan fingerprint density at radius 1 is 1.14 bits per heavy atom. The minimum atomic E-state index is -0.668. The molecule has 5 nitrogen and oxygen atoms in total. The standard InChI is InChI=1S/C16H26N2O3/c1-16(2,3)13(19)15(21)18-8-4-5-12(10-18)14(20)17-9-11-6-7-11/h11-12H,4-10H2,1-3H3,(H,17,20). The number of nitrogens with zero attached hydrogens (tertiary/aromatic N) is 1. The number of hydrogen-bond acceptors (Lipinski definition) is 3. The van der Waals surface area contributed by atoms with Crippen LogP contribution in [0.1, 0.15) is 46.5 Å². The third kappa shape index (κ3) is 4.29. The zero-order valence-corrected chi connectivity index (χ0v) is 13.3. The molecular weight excluding hydrogens is 268 g/mol. The number of rotatable bonds is 4. The fraction of sp³-hybridized carbons (Fsp3) is 0.812. The van der Waals surface area contributed by atoms with Crippen molar-refractivity contribution in [3.8, 4) is 0 Å². The number of nitrogens with one attached hydrogen (secondary N) is 1. The predicted octanol–water partition coefficient (Wildman–Crippen LogP) is 1.37. The van der Waals surface area contributed by atoms with E-state index in [2.05, 4.69) is 5.32 Å². The Morgan fingerprint density at radius 2 is 1.81 bits per heavy atom. The summed E-state index contributed by atoms with van der Waals surface area (Å²) in [7, 11) is 0. The van der Waals surface area contributed by atoms with Gasteiger partial charge in [0.05, 0.1) is 5.92 Å². The van der Waals surface area contributed by atoms with E-state index in [1.165, 1.54) is 12.8 Å². The van der Waals surface area contributed by atoms with Crippen LogP contribution in [-0.2, 0) is 14.4 Å². The van der Waals surface area contributed by atoms with Gasteiger partial charge in [0.25, 0.3) is 5.91 Å². The number of hydrogen-bond donors (Lipinski definition) is 1. The van der Waals surface area contributed by atoms with Gasteiger partial charge in [-0.1, -0.05) is 20.8 Å². The highest BCUT2D eigenvalue weighted by molar-refractivity contribution is 6.37. The highest BCUT2D eigenvalue weighted by Crippen LogP contribution is 2.28. The van der Waals surface area contributed by atoms with Crippen LogP contribution in [0, 0.1) is 17.3 Å². The number of carbonyl (C=O) groups excluding carboxylic acids is 3. The van der Waals surface area contributed by atoms with Crippen molar-refractivity contribution in [2.45, 2.75) is 46.5 Å². The largest absolute Gasteiger partial charge is 0.356 e. The fourth-order valence-electron chi connectivity index (χ4n) is 2.55. The summed E-state index contributed by atoms with van der Waals surface area (Å²) in [6.07, 6.45) is 3.99. The molecule has 1 saturated heterocycles. The van der Waals surface area contributed by atoms with Gasteiger partial charge >= 0.3 is 0 Å². The van der Waals surface area contributed by atoms with Crippen molar-refractivity contribution in [2.75, 3.05) is 19.6 Å². The molecule has 2 fully saturated rings. The normalized spacial score (nSPS) is 22.8. The molecule has 118 valence electrons. The Kier molecular flexibility index (Phi) is 4.69. The van der Waals surface area contributed by atoms with E-state index in [4.69, 9.17) is 0 Å². The lowest BCUT2D eigenvalue weighted by Gasteiger charge is -2.33. The Balaban J connectivity index is 1.88. The van der Waals surface area contributed by atoms with Crippen LogP contribution >= 0.6 is 0 Å². The van der Waals surface area contributed by atoms with Gasteiger partial charge in [0.1, 0.15) is 0 Å². The molecule has 21 heavy (non-hydrogen) atoms. The second kappa shape index (κ2) is 6.16. The van der Waals surface area contributed by atoms with Crippen LogP contribution in [0.25, 0.3) is 0 Å². The quantitative estimate of drug-likeness (QED) is 0.796. The monoisotopic (exact) mass is 294 g/mol. The van der Waals surface area contributed by atoms with Crippen LogP contribution < -0.4 is 5.32 Å². The molecule has 0 aromatic rings. The van der Waals surface area contributed by atoms with E-state index in [1.54, 1.807) is 25.7 Å². The summed E-state index contributed by atoms with van der Waals surface area (Å²) in [5.41, 5.74) is -0.668. The van der Waals surface area contributed by atoms with E-state index < -0.39 is 11.3 Å². The number of Topliss-reactive ketones (excluding diaryl/α,β-unsaturated/α-hetero) is 1. The molecule has 1 atom stereocenters. The van der Waals surface area contributed by atoms with Crippen molar-refractivity contribution >= 4 is 17.6 Å². The summed E-state index contributed by atoms with van der Waals surface area (Å²) in [6, 6.07) is 0. The molecule has 2 amide bonds. The molecule has 1 aliphatic heterocycles. The average molecular weight is 294 g/mol. The molecule has 0 bridgehead atoms. The van der Waals surface area contributed by atoms with E-state index in [-0.39, 0.29) is 17.6 Å². The lowest BCUT2D eigenvalue weighted by molar-refractivity contribution is -0.150. The molecule has 0 radical (unpaired) electrons. The highest BCUT2D eigenvalue weighted by atomic mass is 16.2. The minimum absolute atomic E-state index is 0.0302. The molecule has 1 unspecified atom stereocenters. The Morgan fingerprint density at radius 3 is 2.38 bits per heavy atom. The van der Waals surface area contributed by atoms with Crippen molar-refractivity contribution in [2.24, 2.45) is 17.3 Å². The van der Waals surface area contributed by atoms with Gasteiger partial charge in [-0.3, -0.25) is 14.4 Å². The number of carbonyl (C=O) groups is 3. The zero-order valence-electron chi connectivity index (χ0n) is 13.3. The van der Waals surface area contributed by atoms with E-state index in [9.17, 15) is 14.4 Å². The molecule has 5 heteroatoms. The number of amides is 2. The average Bonchev–Trinajstić information content (AvgIpc) is 3.26. The molecule has 2 rings (SSSR count). The van der Waals surface area contributed by atoms with Crippen LogP contribution in [-0.4, -0.2) is 42.1 Å². The molecular formula is C16H26N2O3. The second-order valence-electron chi connectivity index (χ2n) is 7.36. The van der Waals surface area contributed by atoms with Gasteiger partial charge in [0, 0.05) is 25.0 Å². The van der Waals surface area contributed by atoms with Crippen LogP contribution in [0.3, 0.4) is 0 Å². The van der Waals surface area contributed by atoms with E-state index in [0.717, 1.165) is 19.4 Å². The molecule has 2 aliphatic rings. The highest BCUT2D eigenvalue weighted by Gasteiger charge is 2.35. The SMILES string of the molecule is CC(C)(C)C(=O)C(=O)N1CCCC(C(=O)NCC2CC2)C1. The van der Waals surface area contributed by atoms with Gasteiger partial charge in [-0.25, -0.2) is 0 Å². The summed E-state index contributed by atoms with van der Waals surface area (Å²) in [6.45, 7) is 6.94. The van der Waals surface area contributed by atoms with E-state index >= 15 is 0 Å². The summed E-state index contributed by atoms with van der Waals surface area (Å²) in [4.78, 5) is 38.0. The van der Waals surface area contributed by atoms with Crippen LogP contribution in [0.5, 0.6) is 0 Å². The smallest absolute Gasteiger partial charge is 0.290 e. The minimum Gasteiger partial charge on any atom is -0.356 e. The third-order valence-corrected chi connectivity index (χ3v) is 4.22. The Hall–Kier alpha value is -1.39. The van der Waals surface area contributed by atoms with Crippen molar-refractivity contribution in [3.05, 3.63) is 0 Å². The fourth-order valence-corrected chi connectivity index (χ4v) is 2.55. The molecule has 1 N–H and O–H groups in total. The van der Waals surface area contributed by atoms with Crippen LogP contribution in [0.4, 0.5) is 0 Å². The molecule has 0 spiro atoms. The maximum absolute atomic E-state index is 12.2. The summed E-state index contributed by atoms with van der Waals surface area (Å²) in [5.74, 6) is -0.307. The third-order valence-electron chi connectivity index (χ3n) is 4.22. The maximum atomic E-state index is 12.2. The summed E-state index contributed by atoms with van der Waals surface area (Å²) < 4.78 is 0. The molecule has 1 saturated carbocycles. The summed E-state index contributed by atoms with van der Waals surface area (Å²) >= 11 is 0. The van der Waals surface area contributed by atoms with E-state index in [1.807, 2.05) is 0 Å². The van der Waals surface area contributed by atoms with E-state index in [0.29, 0.717) is 19.0 Å². The number of piperidine rings is 1. The molecule has 0 aromatic heterocycles. The van der Waals surface area contributed by atoms with Gasteiger partial charge < -0.3 is 10.2 Å². The Labute approximate surface area is 126 Å². The van der Waals surface area contributed by atoms with Crippen LogP contribution in [0.2, 0.25) is 0 Å². The second-order valence-corrected chi connectivity index (χ2v) is 7.36. The lowest BCUT2D eigenvalue weighted by atomic mass is 9.89. The van der Waals surface area contributed by atoms with Gasteiger partial charge in [0.15, 0.2) is 0 Å². The van der Waals surface area contributed by atoms with Crippen LogP contribution in [0.15, 0.2) is 0 Å². The van der Waals surface area contributed by atoms with Gasteiger partial charge in [0.2, 0.25) is 11.7 Å². The van der Waals surface area contributed by atoms with Crippen molar-refractivity contribution in [3.63, 3.8) is 0 Å². The lowest BCUT2D eigenvalue weighted by Crippen LogP contribution is -2.49. The molecule has 1 aliphatic carbocycles. The Bertz CT molecular complexity index is 435. The first-order valence-electron chi connectivity index (χ1n) is 7.90. The number of ketones is 1. The summed E-state index contributed by atoms with van der Waals surface area (Å²) in [5, 5.41) is 2.97. The first-order valence-corrected chi connectivity index (χ1v) is 7.90. The van der Waals surface area contributed by atoms with Gasteiger partial charge in [-0.15, -0.1) is 0 Å². The van der Waals surface area contributed by atoms with Crippen molar-refractivity contribution in [1.29, 1.82) is 0 Å². The van der Waals surface area contributed by atoms with Crippen molar-refractivity contribution in [1.82, 2.24) is 10.2 Å². The molecule has 0 aromatic carbocycles. The van der Waals surface area contributed by atoms with Gasteiger partial charge in [-0.05, 0) is 31.6 Å². The first kappa shape index (κ1) is 16.0. The molecule has 1 heterocycles. The topological polar surface area (TPSA) is 66.5 Å². The number of likely N-dealkylation sites (tertiary alicyclic amines) is 1. The van der Waals surface area contributed by atoms with Gasteiger partial charge in [-0.2, -0.15) is 0 Å². The predicted molar refractivity (Wildman–Crippen MR) is 79.5 cm³/mol. The zero-order chi connectivity index (χ0) is 15.6. The first-order chi connectivity index (χ1) is 9.79. The maximum Gasteiger partial charge on any atom is 0.290 e.